The summed E-state index contributed by atoms with van der Waals surface area (Å²) in [6.07, 6.45) is 3.56. The number of fused-ring (bicyclic) bond motifs is 1. The van der Waals surface area contributed by atoms with Gasteiger partial charge in [-0.15, -0.1) is 0 Å². The van der Waals surface area contributed by atoms with E-state index < -0.39 is 0 Å². The molecule has 0 aliphatic carbocycles. The van der Waals surface area contributed by atoms with Crippen LogP contribution < -0.4 is 9.80 Å². The Balaban J connectivity index is 1.65. The molecule has 23 heavy (non-hydrogen) atoms. The van der Waals surface area contributed by atoms with Gasteiger partial charge in [0.15, 0.2) is 0 Å². The van der Waals surface area contributed by atoms with Crippen LogP contribution in [0.1, 0.15) is 31.0 Å². The van der Waals surface area contributed by atoms with E-state index in [0.717, 1.165) is 49.4 Å². The van der Waals surface area contributed by atoms with Gasteiger partial charge >= 0.3 is 0 Å². The van der Waals surface area contributed by atoms with Crippen molar-refractivity contribution < 1.29 is 0 Å². The minimum absolute atomic E-state index is 0.820. The molecule has 2 aliphatic rings. The summed E-state index contributed by atoms with van der Waals surface area (Å²) in [4.78, 5) is 14.3. The third-order valence-corrected chi connectivity index (χ3v) is 5.06. The predicted molar refractivity (Wildman–Crippen MR) is 94.5 cm³/mol. The van der Waals surface area contributed by atoms with Gasteiger partial charge in [0, 0.05) is 37.1 Å². The number of aryl methyl sites for hydroxylation is 1. The first-order valence-electron chi connectivity index (χ1n) is 8.67. The fourth-order valence-corrected chi connectivity index (χ4v) is 3.60. The molecule has 1 aromatic carbocycles. The Bertz CT molecular complexity index is 704. The number of hydrogen-bond acceptors (Lipinski definition) is 4. The van der Waals surface area contributed by atoms with Crippen molar-refractivity contribution in [2.24, 2.45) is 5.92 Å². The molecule has 0 atom stereocenters. The average Bonchev–Trinajstić information content (AvgIpc) is 2.99. The fraction of sp³-hybridized carbons (Fsp3) is 0.474. The zero-order valence-electron chi connectivity index (χ0n) is 14.0. The molecular weight excluding hydrogens is 284 g/mol. The van der Waals surface area contributed by atoms with Crippen molar-refractivity contribution in [3.63, 3.8) is 0 Å². The molecule has 4 rings (SSSR count). The van der Waals surface area contributed by atoms with Crippen molar-refractivity contribution >= 4 is 17.5 Å². The van der Waals surface area contributed by atoms with E-state index in [-0.39, 0.29) is 0 Å². The monoisotopic (exact) mass is 308 g/mol. The number of aromatic nitrogens is 2. The van der Waals surface area contributed by atoms with Gasteiger partial charge in [-0.05, 0) is 43.7 Å². The van der Waals surface area contributed by atoms with Crippen molar-refractivity contribution in [1.29, 1.82) is 0 Å². The molecule has 0 spiro atoms. The van der Waals surface area contributed by atoms with Gasteiger partial charge in [0.2, 0.25) is 5.95 Å². The molecule has 0 N–H and O–H groups in total. The highest BCUT2D eigenvalue weighted by molar-refractivity contribution is 5.68. The van der Waals surface area contributed by atoms with E-state index in [0.29, 0.717) is 0 Å². The summed E-state index contributed by atoms with van der Waals surface area (Å²) in [6, 6.07) is 10.8. The first-order chi connectivity index (χ1) is 11.2. The second-order valence-electron chi connectivity index (χ2n) is 6.87. The van der Waals surface area contributed by atoms with E-state index in [2.05, 4.69) is 54.0 Å². The molecule has 3 heterocycles. The zero-order valence-corrected chi connectivity index (χ0v) is 14.0. The minimum Gasteiger partial charge on any atom is -0.341 e. The van der Waals surface area contributed by atoms with E-state index in [1.54, 1.807) is 0 Å². The highest BCUT2D eigenvalue weighted by atomic mass is 15.3. The van der Waals surface area contributed by atoms with E-state index in [9.17, 15) is 0 Å². The Kier molecular flexibility index (Phi) is 3.68. The van der Waals surface area contributed by atoms with Crippen molar-refractivity contribution in [1.82, 2.24) is 9.97 Å². The smallest absolute Gasteiger partial charge is 0.227 e. The molecule has 120 valence electrons. The third-order valence-electron chi connectivity index (χ3n) is 5.06. The van der Waals surface area contributed by atoms with Crippen LogP contribution in [-0.2, 0) is 6.42 Å². The number of hydrogen-bond donors (Lipinski definition) is 0. The SMILES string of the molecule is Cc1cc(N2CCc3ccccc32)nc(N2CCC(C)CC2)n1. The number of rotatable bonds is 2. The third kappa shape index (κ3) is 2.78. The van der Waals surface area contributed by atoms with Crippen LogP contribution in [0.25, 0.3) is 0 Å². The van der Waals surface area contributed by atoms with E-state index >= 15 is 0 Å². The molecule has 1 aromatic heterocycles. The number of benzene rings is 1. The van der Waals surface area contributed by atoms with Crippen LogP contribution >= 0.6 is 0 Å². The molecular formula is C19H24N4. The summed E-state index contributed by atoms with van der Waals surface area (Å²) < 4.78 is 0. The fourth-order valence-electron chi connectivity index (χ4n) is 3.60. The summed E-state index contributed by atoms with van der Waals surface area (Å²) in [5.74, 6) is 2.76. The van der Waals surface area contributed by atoms with Crippen LogP contribution in [0.2, 0.25) is 0 Å². The minimum atomic E-state index is 0.820. The van der Waals surface area contributed by atoms with Gasteiger partial charge in [0.05, 0.1) is 0 Å². The van der Waals surface area contributed by atoms with Gasteiger partial charge in [-0.3, -0.25) is 0 Å². The molecule has 4 heteroatoms. The number of anilines is 3. The topological polar surface area (TPSA) is 32.3 Å². The van der Waals surface area contributed by atoms with Gasteiger partial charge in [0.25, 0.3) is 0 Å². The van der Waals surface area contributed by atoms with Gasteiger partial charge in [-0.25, -0.2) is 4.98 Å². The van der Waals surface area contributed by atoms with Gasteiger partial charge in [0.1, 0.15) is 5.82 Å². The maximum absolute atomic E-state index is 4.90. The molecule has 0 bridgehead atoms. The lowest BCUT2D eigenvalue weighted by Crippen LogP contribution is -2.34. The summed E-state index contributed by atoms with van der Waals surface area (Å²) in [5, 5.41) is 0. The first-order valence-corrected chi connectivity index (χ1v) is 8.67. The zero-order chi connectivity index (χ0) is 15.8. The molecule has 0 unspecified atom stereocenters. The quantitative estimate of drug-likeness (QED) is 0.846. The van der Waals surface area contributed by atoms with E-state index in [1.165, 1.54) is 24.1 Å². The van der Waals surface area contributed by atoms with E-state index in [1.807, 2.05) is 0 Å². The van der Waals surface area contributed by atoms with Crippen molar-refractivity contribution in [3.8, 4) is 0 Å². The lowest BCUT2D eigenvalue weighted by Gasteiger charge is -2.31. The lowest BCUT2D eigenvalue weighted by atomic mass is 10.00. The Labute approximate surface area is 138 Å². The predicted octanol–water partition coefficient (Wildman–Crippen LogP) is 3.72. The Morgan fingerprint density at radius 3 is 2.65 bits per heavy atom. The summed E-state index contributed by atoms with van der Waals surface area (Å²) in [5.41, 5.74) is 3.76. The Morgan fingerprint density at radius 1 is 1.04 bits per heavy atom. The lowest BCUT2D eigenvalue weighted by molar-refractivity contribution is 0.434. The number of piperidine rings is 1. The Morgan fingerprint density at radius 2 is 1.83 bits per heavy atom. The molecule has 4 nitrogen and oxygen atoms in total. The molecule has 0 saturated carbocycles. The maximum Gasteiger partial charge on any atom is 0.227 e. The summed E-state index contributed by atoms with van der Waals surface area (Å²) >= 11 is 0. The van der Waals surface area contributed by atoms with Crippen LogP contribution in [0.5, 0.6) is 0 Å². The molecule has 0 amide bonds. The van der Waals surface area contributed by atoms with Crippen LogP contribution in [0.3, 0.4) is 0 Å². The Hall–Kier alpha value is -2.10. The van der Waals surface area contributed by atoms with Crippen molar-refractivity contribution in [2.45, 2.75) is 33.1 Å². The van der Waals surface area contributed by atoms with Crippen molar-refractivity contribution in [2.75, 3.05) is 29.4 Å². The highest BCUT2D eigenvalue weighted by Crippen LogP contribution is 2.34. The number of para-hydroxylation sites is 1. The van der Waals surface area contributed by atoms with Crippen LogP contribution in [0.15, 0.2) is 30.3 Å². The van der Waals surface area contributed by atoms with Gasteiger partial charge < -0.3 is 9.80 Å². The molecule has 2 aromatic rings. The maximum atomic E-state index is 4.90. The molecule has 1 fully saturated rings. The van der Waals surface area contributed by atoms with E-state index in [4.69, 9.17) is 9.97 Å². The van der Waals surface area contributed by atoms with Crippen LogP contribution in [0.4, 0.5) is 17.5 Å². The molecule has 2 aliphatic heterocycles. The van der Waals surface area contributed by atoms with Crippen LogP contribution in [0, 0.1) is 12.8 Å². The molecule has 0 radical (unpaired) electrons. The largest absolute Gasteiger partial charge is 0.341 e. The van der Waals surface area contributed by atoms with Gasteiger partial charge in [-0.1, -0.05) is 25.1 Å². The summed E-state index contributed by atoms with van der Waals surface area (Å²) in [7, 11) is 0. The highest BCUT2D eigenvalue weighted by Gasteiger charge is 2.23. The molecule has 1 saturated heterocycles. The standard InChI is InChI=1S/C19H24N4/c1-14-7-10-22(11-8-14)19-20-15(2)13-18(21-19)23-12-9-16-5-3-4-6-17(16)23/h3-6,13-14H,7-12H2,1-2H3. The van der Waals surface area contributed by atoms with Crippen molar-refractivity contribution in [3.05, 3.63) is 41.6 Å². The number of nitrogens with zero attached hydrogens (tertiary/aromatic N) is 4. The second-order valence-corrected chi connectivity index (χ2v) is 6.87. The summed E-state index contributed by atoms with van der Waals surface area (Å²) in [6.45, 7) is 7.55. The normalized spacial score (nSPS) is 18.3. The van der Waals surface area contributed by atoms with Gasteiger partial charge in [-0.2, -0.15) is 4.98 Å². The average molecular weight is 308 g/mol. The first kappa shape index (κ1) is 14.5. The second kappa shape index (κ2) is 5.84. The van der Waals surface area contributed by atoms with Crippen LogP contribution in [-0.4, -0.2) is 29.6 Å².